The van der Waals surface area contributed by atoms with Crippen molar-refractivity contribution in [3.8, 4) is 0 Å². The summed E-state index contributed by atoms with van der Waals surface area (Å²) in [5.74, 6) is 0. The third kappa shape index (κ3) is 2.09. The molecule has 0 aromatic carbocycles. The second kappa shape index (κ2) is 3.90. The van der Waals surface area contributed by atoms with Crippen molar-refractivity contribution < 1.29 is 0 Å². The maximum atomic E-state index is 5.79. The van der Waals surface area contributed by atoms with Gasteiger partial charge in [-0.1, -0.05) is 34.8 Å². The van der Waals surface area contributed by atoms with E-state index in [1.54, 1.807) is 0 Å². The van der Waals surface area contributed by atoms with E-state index in [-0.39, 0.29) is 20.0 Å². The van der Waals surface area contributed by atoms with Gasteiger partial charge < -0.3 is 0 Å². The van der Waals surface area contributed by atoms with Gasteiger partial charge in [0.15, 0.2) is 5.16 Å². The smallest absolute Gasteiger partial charge is 0.212 e. The second-order valence-electron chi connectivity index (χ2n) is 1.86. The van der Waals surface area contributed by atoms with Crippen molar-refractivity contribution >= 4 is 75.0 Å². The van der Waals surface area contributed by atoms with Gasteiger partial charge in [0.25, 0.3) is 0 Å². The fraction of sp³-hybridized carbons (Fsp3) is 0. The molecule has 68 valence electrons. The Bertz CT molecular complexity index is 281. The predicted molar refractivity (Wildman–Crippen MR) is 59.2 cm³/mol. The van der Waals surface area contributed by atoms with Crippen LogP contribution in [0.1, 0.15) is 0 Å². The van der Waals surface area contributed by atoms with Crippen molar-refractivity contribution in [2.75, 3.05) is 0 Å². The number of allylic oxidation sites excluding steroid dienone is 2. The Kier molecular flexibility index (Phi) is 3.75. The van der Waals surface area contributed by atoms with Gasteiger partial charge in [-0.15, -0.1) is 0 Å². The Morgan fingerprint density at radius 2 is 1.42 bits per heavy atom. The van der Waals surface area contributed by atoms with Crippen LogP contribution in [0.3, 0.4) is 0 Å². The van der Waals surface area contributed by atoms with Crippen LogP contribution in [0.2, 0.25) is 0 Å². The van der Waals surface area contributed by atoms with Crippen molar-refractivity contribution in [3.05, 3.63) is 20.0 Å². The summed E-state index contributed by atoms with van der Waals surface area (Å²) in [5, 5.41) is 2.90. The molecule has 0 fully saturated rings. The summed E-state index contributed by atoms with van der Waals surface area (Å²) in [5.41, 5.74) is 0. The predicted octanol–water partition coefficient (Wildman–Crippen LogP) is 5.12. The molecule has 0 bridgehead atoms. The van der Waals surface area contributed by atoms with Crippen LogP contribution in [0, 0.1) is 0 Å². The molecule has 12 heavy (non-hydrogen) atoms. The molecule has 0 unspecified atom stereocenters. The zero-order valence-corrected chi connectivity index (χ0v) is 10.6. The van der Waals surface area contributed by atoms with Crippen LogP contribution in [-0.4, -0.2) is 0 Å². The highest BCUT2D eigenvalue weighted by Gasteiger charge is 2.47. The van der Waals surface area contributed by atoms with Gasteiger partial charge >= 0.3 is 6.12 Å². The molecule has 0 aromatic heterocycles. The number of hydrogen-bond acceptors (Lipinski definition) is 1. The van der Waals surface area contributed by atoms with E-state index in [0.717, 1.165) is 0 Å². The molecule has 0 atom stereocenters. The number of nitrogens with one attached hydrogen (secondary N) is 1. The SMILES string of the molecule is ClC1=C(Cl)C(Cl)=C(Cl)[P+](Cl)(Cl)N1. The minimum Gasteiger partial charge on any atom is -0.212 e. The van der Waals surface area contributed by atoms with Gasteiger partial charge in [-0.05, 0) is 11.6 Å². The lowest BCUT2D eigenvalue weighted by Gasteiger charge is -2.16. The second-order valence-corrected chi connectivity index (χ2v) is 8.89. The molecule has 1 aliphatic rings. The molecule has 0 saturated carbocycles. The highest BCUT2D eigenvalue weighted by atomic mass is 35.9. The van der Waals surface area contributed by atoms with Crippen LogP contribution in [0.25, 0.3) is 0 Å². The Morgan fingerprint density at radius 3 is 1.92 bits per heavy atom. The van der Waals surface area contributed by atoms with Crippen LogP contribution in [0.15, 0.2) is 20.0 Å². The molecular weight excluding hydrogens is 306 g/mol. The third-order valence-electron chi connectivity index (χ3n) is 1.05. The van der Waals surface area contributed by atoms with E-state index in [9.17, 15) is 0 Å². The van der Waals surface area contributed by atoms with Crippen molar-refractivity contribution in [2.24, 2.45) is 0 Å². The molecule has 1 aliphatic heterocycles. The van der Waals surface area contributed by atoms with Crippen molar-refractivity contribution in [3.63, 3.8) is 0 Å². The lowest BCUT2D eigenvalue weighted by atomic mass is 10.6. The highest BCUT2D eigenvalue weighted by Crippen LogP contribution is 2.76. The first-order valence-corrected chi connectivity index (χ1v) is 7.65. The first-order chi connectivity index (χ1) is 5.36. The molecule has 8 heteroatoms. The highest BCUT2D eigenvalue weighted by molar-refractivity contribution is 8.19. The molecular formula is C4HCl6NP+. The van der Waals surface area contributed by atoms with Crippen molar-refractivity contribution in [2.45, 2.75) is 0 Å². The summed E-state index contributed by atoms with van der Waals surface area (Å²) in [6.07, 6.45) is -2.64. The molecule has 0 aromatic rings. The molecule has 0 saturated heterocycles. The summed E-state index contributed by atoms with van der Waals surface area (Å²) in [6.45, 7) is 0. The molecule has 0 aliphatic carbocycles. The summed E-state index contributed by atoms with van der Waals surface area (Å²) < 4.78 is 0.113. The van der Waals surface area contributed by atoms with Crippen molar-refractivity contribution in [1.82, 2.24) is 5.09 Å². The van der Waals surface area contributed by atoms with E-state index in [1.165, 1.54) is 0 Å². The average Bonchev–Trinajstić information content (AvgIpc) is 1.97. The van der Waals surface area contributed by atoms with Gasteiger partial charge in [0, 0.05) is 0 Å². The Hall–Kier alpha value is 1.45. The van der Waals surface area contributed by atoms with Crippen LogP contribution < -0.4 is 5.09 Å². The molecule has 1 N–H and O–H groups in total. The molecule has 1 heterocycles. The zero-order chi connectivity index (χ0) is 9.52. The van der Waals surface area contributed by atoms with E-state index in [0.29, 0.717) is 0 Å². The quantitative estimate of drug-likeness (QED) is 0.483. The van der Waals surface area contributed by atoms with Gasteiger partial charge in [0.05, 0.1) is 0 Å². The van der Waals surface area contributed by atoms with Gasteiger partial charge in [-0.25, -0.2) is 5.09 Å². The summed E-state index contributed by atoms with van der Waals surface area (Å²) in [6, 6.07) is 0. The van der Waals surface area contributed by atoms with Crippen LogP contribution >= 0.6 is 75.0 Å². The first-order valence-electron chi connectivity index (χ1n) is 2.54. The zero-order valence-electron chi connectivity index (χ0n) is 5.22. The largest absolute Gasteiger partial charge is 0.346 e. The van der Waals surface area contributed by atoms with E-state index < -0.39 is 6.12 Å². The Balaban J connectivity index is 3.20. The number of hydrogen-bond donors (Lipinski definition) is 1. The minimum atomic E-state index is -2.64. The maximum Gasteiger partial charge on any atom is 0.346 e. The average molecular weight is 307 g/mol. The lowest BCUT2D eigenvalue weighted by molar-refractivity contribution is 1.31. The first kappa shape index (κ1) is 11.5. The Labute approximate surface area is 99.5 Å². The summed E-state index contributed by atoms with van der Waals surface area (Å²) in [7, 11) is 0. The van der Waals surface area contributed by atoms with Crippen molar-refractivity contribution in [1.29, 1.82) is 0 Å². The molecule has 0 spiro atoms. The van der Waals surface area contributed by atoms with Crippen LogP contribution in [0.4, 0.5) is 0 Å². The monoisotopic (exact) mass is 304 g/mol. The van der Waals surface area contributed by atoms with E-state index in [1.807, 2.05) is 0 Å². The van der Waals surface area contributed by atoms with Gasteiger partial charge in [0.2, 0.25) is 4.77 Å². The molecule has 1 rings (SSSR count). The standard InChI is InChI=1S/C4HCl6NP/c5-1-2(6)4(8)12(9,10)11-3(1)7/h11H/q+1. The van der Waals surface area contributed by atoms with Crippen LogP contribution in [-0.2, 0) is 0 Å². The topological polar surface area (TPSA) is 12.0 Å². The van der Waals surface area contributed by atoms with E-state index in [2.05, 4.69) is 5.09 Å². The number of halogens is 6. The van der Waals surface area contributed by atoms with Crippen LogP contribution in [0.5, 0.6) is 0 Å². The summed E-state index contributed by atoms with van der Waals surface area (Å²) in [4.78, 5) is 0. The van der Waals surface area contributed by atoms with E-state index in [4.69, 9.17) is 68.9 Å². The van der Waals surface area contributed by atoms with Gasteiger partial charge in [-0.3, -0.25) is 0 Å². The van der Waals surface area contributed by atoms with Gasteiger partial charge in [0.1, 0.15) is 32.5 Å². The summed E-state index contributed by atoms with van der Waals surface area (Å²) >= 11 is 34.3. The molecule has 0 radical (unpaired) electrons. The third-order valence-corrected chi connectivity index (χ3v) is 6.86. The van der Waals surface area contributed by atoms with E-state index >= 15 is 0 Å². The normalized spacial score (nSPS) is 22.8. The maximum absolute atomic E-state index is 5.79. The lowest BCUT2D eigenvalue weighted by Crippen LogP contribution is -2.10. The van der Waals surface area contributed by atoms with Gasteiger partial charge in [-0.2, -0.15) is 0 Å². The fourth-order valence-corrected chi connectivity index (χ4v) is 4.42. The minimum absolute atomic E-state index is 0.0976. The molecule has 1 nitrogen and oxygen atoms in total. The Morgan fingerprint density at radius 1 is 0.917 bits per heavy atom. The fourth-order valence-electron chi connectivity index (χ4n) is 0.532. The molecule has 0 amide bonds. The number of rotatable bonds is 0.